The molecule has 21 heavy (non-hydrogen) atoms. The van der Waals surface area contributed by atoms with E-state index in [0.29, 0.717) is 5.56 Å². The van der Waals surface area contributed by atoms with Crippen LogP contribution in [0.4, 0.5) is 0 Å². The number of carbonyl (C=O) groups is 2. The zero-order chi connectivity index (χ0) is 15.7. The molecule has 0 radical (unpaired) electrons. The number of aliphatic carboxylic acids is 1. The molecule has 0 heterocycles. The summed E-state index contributed by atoms with van der Waals surface area (Å²) in [5, 5.41) is 22.8. The van der Waals surface area contributed by atoms with Gasteiger partial charge in [0.15, 0.2) is 0 Å². The lowest BCUT2D eigenvalue weighted by atomic mass is 9.76. The van der Waals surface area contributed by atoms with Crippen LogP contribution in [0.5, 0.6) is 0 Å². The van der Waals surface area contributed by atoms with Crippen molar-refractivity contribution in [1.29, 1.82) is 0 Å². The molecule has 1 fully saturated rings. The van der Waals surface area contributed by atoms with Gasteiger partial charge in [0, 0.05) is 12.5 Å². The van der Waals surface area contributed by atoms with E-state index >= 15 is 0 Å². The molecule has 114 valence electrons. The van der Waals surface area contributed by atoms with Gasteiger partial charge in [-0.3, -0.25) is 9.59 Å². The minimum atomic E-state index is -1.66. The van der Waals surface area contributed by atoms with Gasteiger partial charge in [0.2, 0.25) is 5.91 Å². The Balaban J connectivity index is 2.22. The minimum Gasteiger partial charge on any atom is -0.480 e. The fourth-order valence-corrected chi connectivity index (χ4v) is 2.41. The van der Waals surface area contributed by atoms with Crippen LogP contribution in [0.15, 0.2) is 30.3 Å². The summed E-state index contributed by atoms with van der Waals surface area (Å²) in [5.74, 6) is -1.76. The Kier molecular flexibility index (Phi) is 4.05. The third-order valence-corrected chi connectivity index (χ3v) is 3.98. The summed E-state index contributed by atoms with van der Waals surface area (Å²) in [6.07, 6.45) is 1.59. The fourth-order valence-electron chi connectivity index (χ4n) is 2.41. The Morgan fingerprint density at radius 3 is 2.29 bits per heavy atom. The molecule has 0 saturated heterocycles. The second kappa shape index (κ2) is 5.48. The average molecular weight is 291 g/mol. The number of hydrogen-bond acceptors (Lipinski definition) is 3. The second-order valence-corrected chi connectivity index (χ2v) is 6.20. The molecule has 1 amide bonds. The number of carbonyl (C=O) groups excluding carboxylic acids is 1. The van der Waals surface area contributed by atoms with Crippen molar-refractivity contribution in [3.05, 3.63) is 35.9 Å². The SMILES string of the molecule is CC(CC(C)(O)c1ccccc1)(C(=O)O)C(=O)NC1CC1. The second-order valence-electron chi connectivity index (χ2n) is 6.20. The lowest BCUT2D eigenvalue weighted by Gasteiger charge is -2.33. The smallest absolute Gasteiger partial charge is 0.319 e. The van der Waals surface area contributed by atoms with E-state index in [1.807, 2.05) is 6.07 Å². The Morgan fingerprint density at radius 1 is 1.24 bits per heavy atom. The summed E-state index contributed by atoms with van der Waals surface area (Å²) < 4.78 is 0. The Hall–Kier alpha value is -1.88. The number of aliphatic hydroxyl groups is 1. The molecule has 1 aromatic rings. The minimum absolute atomic E-state index is 0.0813. The predicted molar refractivity (Wildman–Crippen MR) is 77.5 cm³/mol. The normalized spacial score (nSPS) is 20.1. The van der Waals surface area contributed by atoms with Crippen LogP contribution in [0.1, 0.15) is 38.7 Å². The summed E-state index contributed by atoms with van der Waals surface area (Å²) in [6, 6.07) is 8.88. The first-order valence-corrected chi connectivity index (χ1v) is 7.08. The summed E-state index contributed by atoms with van der Waals surface area (Å²) in [4.78, 5) is 23.9. The molecule has 2 unspecified atom stereocenters. The quantitative estimate of drug-likeness (QED) is 0.696. The highest BCUT2D eigenvalue weighted by atomic mass is 16.4. The molecule has 5 nitrogen and oxygen atoms in total. The van der Waals surface area contributed by atoms with E-state index in [2.05, 4.69) is 5.32 Å². The zero-order valence-corrected chi connectivity index (χ0v) is 12.3. The molecular formula is C16H21NO4. The van der Waals surface area contributed by atoms with Gasteiger partial charge >= 0.3 is 5.97 Å². The monoisotopic (exact) mass is 291 g/mol. The maximum atomic E-state index is 12.3. The molecular weight excluding hydrogens is 270 g/mol. The van der Waals surface area contributed by atoms with Crippen molar-refractivity contribution in [3.63, 3.8) is 0 Å². The van der Waals surface area contributed by atoms with E-state index in [4.69, 9.17) is 0 Å². The number of rotatable bonds is 6. The number of carboxylic acids is 1. The Bertz CT molecular complexity index is 536. The molecule has 0 bridgehead atoms. The van der Waals surface area contributed by atoms with Crippen molar-refractivity contribution in [3.8, 4) is 0 Å². The van der Waals surface area contributed by atoms with Crippen LogP contribution in [-0.4, -0.2) is 28.1 Å². The van der Waals surface area contributed by atoms with E-state index in [0.717, 1.165) is 12.8 Å². The van der Waals surface area contributed by atoms with Gasteiger partial charge in [0.05, 0.1) is 5.60 Å². The topological polar surface area (TPSA) is 86.6 Å². The predicted octanol–water partition coefficient (Wildman–Crippen LogP) is 1.65. The Morgan fingerprint density at radius 2 is 1.81 bits per heavy atom. The van der Waals surface area contributed by atoms with Gasteiger partial charge in [-0.1, -0.05) is 30.3 Å². The molecule has 0 aromatic heterocycles. The summed E-state index contributed by atoms with van der Waals surface area (Å²) >= 11 is 0. The van der Waals surface area contributed by atoms with E-state index in [9.17, 15) is 19.8 Å². The van der Waals surface area contributed by atoms with Crippen LogP contribution in [-0.2, 0) is 15.2 Å². The average Bonchev–Trinajstić information content (AvgIpc) is 3.23. The Labute approximate surface area is 124 Å². The molecule has 1 saturated carbocycles. The van der Waals surface area contributed by atoms with Gasteiger partial charge in [0.25, 0.3) is 0 Å². The molecule has 0 spiro atoms. The molecule has 1 aliphatic carbocycles. The number of carboxylic acid groups (broad SMARTS) is 1. The van der Waals surface area contributed by atoms with Gasteiger partial charge in [-0.2, -0.15) is 0 Å². The van der Waals surface area contributed by atoms with Crippen LogP contribution in [0.2, 0.25) is 0 Å². The first-order chi connectivity index (χ1) is 9.75. The van der Waals surface area contributed by atoms with Crippen molar-refractivity contribution in [2.75, 3.05) is 0 Å². The third-order valence-electron chi connectivity index (χ3n) is 3.98. The largest absolute Gasteiger partial charge is 0.480 e. The third kappa shape index (κ3) is 3.42. The van der Waals surface area contributed by atoms with Crippen molar-refractivity contribution < 1.29 is 19.8 Å². The van der Waals surface area contributed by atoms with E-state index in [1.165, 1.54) is 13.8 Å². The zero-order valence-electron chi connectivity index (χ0n) is 12.3. The van der Waals surface area contributed by atoms with E-state index in [1.54, 1.807) is 24.3 Å². The molecule has 2 rings (SSSR count). The van der Waals surface area contributed by atoms with Gasteiger partial charge in [-0.25, -0.2) is 0 Å². The highest BCUT2D eigenvalue weighted by molar-refractivity contribution is 6.01. The molecule has 5 heteroatoms. The first kappa shape index (κ1) is 15.5. The van der Waals surface area contributed by atoms with Gasteiger partial charge < -0.3 is 15.5 Å². The van der Waals surface area contributed by atoms with Gasteiger partial charge in [-0.15, -0.1) is 0 Å². The van der Waals surface area contributed by atoms with Crippen LogP contribution in [0.25, 0.3) is 0 Å². The maximum Gasteiger partial charge on any atom is 0.319 e. The number of hydrogen-bond donors (Lipinski definition) is 3. The maximum absolute atomic E-state index is 12.3. The van der Waals surface area contributed by atoms with Crippen molar-refractivity contribution in [2.45, 2.75) is 44.8 Å². The first-order valence-electron chi connectivity index (χ1n) is 7.08. The lowest BCUT2D eigenvalue weighted by Crippen LogP contribution is -2.48. The van der Waals surface area contributed by atoms with Crippen LogP contribution in [0.3, 0.4) is 0 Å². The van der Waals surface area contributed by atoms with Crippen molar-refractivity contribution in [2.24, 2.45) is 5.41 Å². The van der Waals surface area contributed by atoms with Crippen molar-refractivity contribution >= 4 is 11.9 Å². The standard InChI is InChI=1S/C16H21NO4/c1-15(14(19)20,13(18)17-12-8-9-12)10-16(2,21)11-6-4-3-5-7-11/h3-7,12,21H,8-10H2,1-2H3,(H,17,18)(H,19,20). The fraction of sp³-hybridized carbons (Fsp3) is 0.500. The van der Waals surface area contributed by atoms with E-state index < -0.39 is 22.9 Å². The van der Waals surface area contributed by atoms with Crippen molar-refractivity contribution in [1.82, 2.24) is 5.32 Å². The highest BCUT2D eigenvalue weighted by Crippen LogP contribution is 2.36. The van der Waals surface area contributed by atoms with Crippen LogP contribution < -0.4 is 5.32 Å². The number of benzene rings is 1. The van der Waals surface area contributed by atoms with Gasteiger partial charge in [-0.05, 0) is 32.3 Å². The molecule has 2 atom stereocenters. The summed E-state index contributed by atoms with van der Waals surface area (Å²) in [6.45, 7) is 2.90. The van der Waals surface area contributed by atoms with E-state index in [-0.39, 0.29) is 12.5 Å². The molecule has 1 aliphatic rings. The van der Waals surface area contributed by atoms with Gasteiger partial charge in [0.1, 0.15) is 5.41 Å². The highest BCUT2D eigenvalue weighted by Gasteiger charge is 2.48. The number of amides is 1. The van der Waals surface area contributed by atoms with Crippen LogP contribution >= 0.6 is 0 Å². The molecule has 3 N–H and O–H groups in total. The summed E-state index contributed by atoms with van der Waals surface area (Å²) in [7, 11) is 0. The lowest BCUT2D eigenvalue weighted by molar-refractivity contribution is -0.159. The van der Waals surface area contributed by atoms with Crippen LogP contribution in [0, 0.1) is 5.41 Å². The number of nitrogens with one attached hydrogen (secondary N) is 1. The molecule has 0 aliphatic heterocycles. The molecule has 1 aromatic carbocycles. The summed E-state index contributed by atoms with van der Waals surface area (Å²) in [5.41, 5.74) is -2.46.